The van der Waals surface area contributed by atoms with E-state index in [0.29, 0.717) is 23.3 Å². The lowest BCUT2D eigenvalue weighted by Crippen LogP contribution is -2.18. The number of nitrogens with zero attached hydrogens (tertiary/aromatic N) is 3. The molecular weight excluding hydrogens is 326 g/mol. The van der Waals surface area contributed by atoms with Crippen LogP contribution in [0.5, 0.6) is 0 Å². The first kappa shape index (κ1) is 19.8. The summed E-state index contributed by atoms with van der Waals surface area (Å²) in [6.07, 6.45) is 1.000. The minimum Gasteiger partial charge on any atom is -0.370 e. The van der Waals surface area contributed by atoms with E-state index in [-0.39, 0.29) is 5.91 Å². The van der Waals surface area contributed by atoms with E-state index in [1.54, 1.807) is 13.0 Å². The second kappa shape index (κ2) is 9.29. The van der Waals surface area contributed by atoms with Crippen molar-refractivity contribution in [3.63, 3.8) is 0 Å². The van der Waals surface area contributed by atoms with Crippen LogP contribution in [0.25, 0.3) is 0 Å². The van der Waals surface area contributed by atoms with E-state index < -0.39 is 0 Å². The highest BCUT2D eigenvalue weighted by Crippen LogP contribution is 2.18. The molecule has 0 aliphatic heterocycles. The van der Waals surface area contributed by atoms with E-state index in [4.69, 9.17) is 0 Å². The van der Waals surface area contributed by atoms with Crippen LogP contribution in [0.4, 0.5) is 11.5 Å². The molecular formula is C20H29N5O. The quantitative estimate of drug-likeness (QED) is 0.709. The maximum absolute atomic E-state index is 12.5. The first-order chi connectivity index (χ1) is 12.3. The first-order valence-electron chi connectivity index (χ1n) is 9.00. The molecule has 0 bridgehead atoms. The molecule has 0 saturated carbocycles. The van der Waals surface area contributed by atoms with Crippen LogP contribution in [0.15, 0.2) is 30.3 Å². The second-order valence-electron chi connectivity index (χ2n) is 7.00. The minimum absolute atomic E-state index is 0.232. The number of hydrogen-bond donors (Lipinski definition) is 2. The van der Waals surface area contributed by atoms with Gasteiger partial charge in [-0.05, 0) is 57.6 Å². The van der Waals surface area contributed by atoms with Crippen LogP contribution in [-0.4, -0.2) is 48.0 Å². The summed E-state index contributed by atoms with van der Waals surface area (Å²) in [6, 6.07) is 9.59. The van der Waals surface area contributed by atoms with Gasteiger partial charge in [0.05, 0.1) is 0 Å². The van der Waals surface area contributed by atoms with Crippen molar-refractivity contribution < 1.29 is 4.79 Å². The molecule has 0 spiro atoms. The molecule has 140 valence electrons. The maximum atomic E-state index is 12.5. The monoisotopic (exact) mass is 355 g/mol. The van der Waals surface area contributed by atoms with E-state index >= 15 is 0 Å². The molecule has 26 heavy (non-hydrogen) atoms. The molecule has 0 aliphatic rings. The summed E-state index contributed by atoms with van der Waals surface area (Å²) in [5.74, 6) is 1.48. The molecule has 0 atom stereocenters. The molecule has 0 radical (unpaired) electrons. The van der Waals surface area contributed by atoms with Gasteiger partial charge in [-0.15, -0.1) is 0 Å². The standard InChI is InChI=1S/C20H29N5O/c1-14(2)16-7-9-17(10-8-16)24-20(26)18-13-19(23-15(3)22-18)21-11-6-12-25(4)5/h7-10,13-14H,6,11-12H2,1-5H3,(H,24,26)(H,21,22,23). The van der Waals surface area contributed by atoms with Crippen LogP contribution < -0.4 is 10.6 Å². The molecule has 0 saturated heterocycles. The van der Waals surface area contributed by atoms with E-state index in [2.05, 4.69) is 39.3 Å². The van der Waals surface area contributed by atoms with Gasteiger partial charge in [-0.1, -0.05) is 26.0 Å². The zero-order valence-electron chi connectivity index (χ0n) is 16.3. The molecule has 6 nitrogen and oxygen atoms in total. The molecule has 0 fully saturated rings. The Kier molecular flexibility index (Phi) is 7.09. The molecule has 1 amide bonds. The smallest absolute Gasteiger partial charge is 0.274 e. The van der Waals surface area contributed by atoms with Gasteiger partial charge in [0.15, 0.2) is 0 Å². The average Bonchev–Trinajstić information content (AvgIpc) is 2.58. The number of aromatic nitrogens is 2. The molecule has 2 N–H and O–H groups in total. The second-order valence-corrected chi connectivity index (χ2v) is 7.00. The lowest BCUT2D eigenvalue weighted by molar-refractivity contribution is 0.102. The van der Waals surface area contributed by atoms with Crippen molar-refractivity contribution in [3.8, 4) is 0 Å². The lowest BCUT2D eigenvalue weighted by Gasteiger charge is -2.12. The number of rotatable bonds is 8. The van der Waals surface area contributed by atoms with Gasteiger partial charge in [-0.25, -0.2) is 9.97 Å². The number of hydrogen-bond acceptors (Lipinski definition) is 5. The van der Waals surface area contributed by atoms with Gasteiger partial charge < -0.3 is 15.5 Å². The van der Waals surface area contributed by atoms with Gasteiger partial charge >= 0.3 is 0 Å². The average molecular weight is 355 g/mol. The number of benzene rings is 1. The van der Waals surface area contributed by atoms with E-state index in [1.165, 1.54) is 5.56 Å². The van der Waals surface area contributed by atoms with Crippen LogP contribution in [0, 0.1) is 6.92 Å². The Bertz CT molecular complexity index is 725. The van der Waals surface area contributed by atoms with Gasteiger partial charge in [0.2, 0.25) is 0 Å². The van der Waals surface area contributed by atoms with Crippen LogP contribution >= 0.6 is 0 Å². The summed E-state index contributed by atoms with van der Waals surface area (Å²) in [4.78, 5) is 23.3. The number of anilines is 2. The molecule has 1 aromatic heterocycles. The zero-order valence-corrected chi connectivity index (χ0v) is 16.3. The van der Waals surface area contributed by atoms with Crippen molar-refractivity contribution in [1.29, 1.82) is 0 Å². The van der Waals surface area contributed by atoms with Crippen LogP contribution in [0.2, 0.25) is 0 Å². The molecule has 0 aliphatic carbocycles. The Hall–Kier alpha value is -2.47. The van der Waals surface area contributed by atoms with Gasteiger partial charge in [-0.2, -0.15) is 0 Å². The highest BCUT2D eigenvalue weighted by atomic mass is 16.1. The fourth-order valence-electron chi connectivity index (χ4n) is 2.53. The molecule has 2 aromatic rings. The number of carbonyl (C=O) groups excluding carboxylic acids is 1. The number of aryl methyl sites for hydroxylation is 1. The Labute approximate surface area is 156 Å². The Balaban J connectivity index is 2.01. The van der Waals surface area contributed by atoms with E-state index in [0.717, 1.165) is 25.2 Å². The van der Waals surface area contributed by atoms with Crippen molar-refractivity contribution in [1.82, 2.24) is 14.9 Å². The van der Waals surface area contributed by atoms with E-state index in [1.807, 2.05) is 38.4 Å². The van der Waals surface area contributed by atoms with Crippen molar-refractivity contribution in [3.05, 3.63) is 47.4 Å². The van der Waals surface area contributed by atoms with Gasteiger partial charge in [-0.3, -0.25) is 4.79 Å². The molecule has 1 aromatic carbocycles. The van der Waals surface area contributed by atoms with Gasteiger partial charge in [0, 0.05) is 18.3 Å². The highest BCUT2D eigenvalue weighted by molar-refractivity contribution is 6.03. The van der Waals surface area contributed by atoms with Crippen molar-refractivity contribution >= 4 is 17.4 Å². The maximum Gasteiger partial charge on any atom is 0.274 e. The predicted octanol–water partition coefficient (Wildman–Crippen LogP) is 3.52. The Morgan fingerprint density at radius 3 is 2.46 bits per heavy atom. The van der Waals surface area contributed by atoms with Crippen LogP contribution in [0.3, 0.4) is 0 Å². The van der Waals surface area contributed by atoms with Crippen LogP contribution in [-0.2, 0) is 0 Å². The first-order valence-corrected chi connectivity index (χ1v) is 9.00. The number of carbonyl (C=O) groups is 1. The molecule has 1 heterocycles. The summed E-state index contributed by atoms with van der Waals surface area (Å²) in [6.45, 7) is 7.87. The third-order valence-electron chi connectivity index (χ3n) is 3.99. The fourth-order valence-corrected chi connectivity index (χ4v) is 2.53. The highest BCUT2D eigenvalue weighted by Gasteiger charge is 2.11. The van der Waals surface area contributed by atoms with Crippen molar-refractivity contribution in [2.75, 3.05) is 37.8 Å². The topological polar surface area (TPSA) is 70.2 Å². The number of nitrogens with one attached hydrogen (secondary N) is 2. The predicted molar refractivity (Wildman–Crippen MR) is 107 cm³/mol. The summed E-state index contributed by atoms with van der Waals surface area (Å²) in [5, 5.41) is 6.16. The fraction of sp³-hybridized carbons (Fsp3) is 0.450. The normalized spacial score (nSPS) is 11.0. The summed E-state index contributed by atoms with van der Waals surface area (Å²) in [7, 11) is 4.09. The summed E-state index contributed by atoms with van der Waals surface area (Å²) >= 11 is 0. The van der Waals surface area contributed by atoms with Crippen molar-refractivity contribution in [2.24, 2.45) is 0 Å². The summed E-state index contributed by atoms with van der Waals surface area (Å²) in [5.41, 5.74) is 2.36. The molecule has 6 heteroatoms. The third-order valence-corrected chi connectivity index (χ3v) is 3.99. The SMILES string of the molecule is Cc1nc(NCCCN(C)C)cc(C(=O)Nc2ccc(C(C)C)cc2)n1. The van der Waals surface area contributed by atoms with Gasteiger partial charge in [0.1, 0.15) is 17.3 Å². The number of amides is 1. The Morgan fingerprint density at radius 1 is 1.15 bits per heavy atom. The van der Waals surface area contributed by atoms with E-state index in [9.17, 15) is 4.79 Å². The third kappa shape index (κ3) is 6.11. The van der Waals surface area contributed by atoms with Gasteiger partial charge in [0.25, 0.3) is 5.91 Å². The largest absolute Gasteiger partial charge is 0.370 e. The minimum atomic E-state index is -0.232. The molecule has 2 rings (SSSR count). The summed E-state index contributed by atoms with van der Waals surface area (Å²) < 4.78 is 0. The lowest BCUT2D eigenvalue weighted by atomic mass is 10.0. The zero-order chi connectivity index (χ0) is 19.1. The van der Waals surface area contributed by atoms with Crippen molar-refractivity contribution in [2.45, 2.75) is 33.1 Å². The molecule has 0 unspecified atom stereocenters. The Morgan fingerprint density at radius 2 is 1.85 bits per heavy atom. The van der Waals surface area contributed by atoms with Crippen LogP contribution in [0.1, 0.15) is 48.1 Å².